The molecule has 0 atom stereocenters. The lowest BCUT2D eigenvalue weighted by molar-refractivity contribution is 0.304. The molecule has 0 heterocycles. The van der Waals surface area contributed by atoms with Crippen LogP contribution in [0.15, 0.2) is 42.5 Å². The molecule has 0 aliphatic carbocycles. The summed E-state index contributed by atoms with van der Waals surface area (Å²) in [4.78, 5) is 0. The minimum atomic E-state index is -0.601. The van der Waals surface area contributed by atoms with Gasteiger partial charge in [-0.05, 0) is 48.4 Å². The molecule has 0 aliphatic heterocycles. The molecule has 0 saturated carbocycles. The van der Waals surface area contributed by atoms with E-state index in [-0.39, 0.29) is 6.61 Å². The zero-order valence-electron chi connectivity index (χ0n) is 10.4. The summed E-state index contributed by atoms with van der Waals surface area (Å²) in [7, 11) is 0. The van der Waals surface area contributed by atoms with Gasteiger partial charge in [0.1, 0.15) is 24.0 Å². The van der Waals surface area contributed by atoms with Crippen molar-refractivity contribution >= 4 is 0 Å². The van der Waals surface area contributed by atoms with E-state index in [0.717, 1.165) is 18.1 Å². The number of rotatable bonds is 5. The minimum absolute atomic E-state index is 0.126. The molecule has 0 radical (unpaired) electrons. The highest BCUT2D eigenvalue weighted by Crippen LogP contribution is 2.16. The van der Waals surface area contributed by atoms with Crippen LogP contribution in [0.3, 0.4) is 0 Å². The lowest BCUT2D eigenvalue weighted by atomic mass is 10.1. The highest BCUT2D eigenvalue weighted by atomic mass is 19.1. The molecule has 100 valence electrons. The van der Waals surface area contributed by atoms with Crippen LogP contribution in [0, 0.1) is 11.6 Å². The number of halogens is 2. The Morgan fingerprint density at radius 1 is 0.947 bits per heavy atom. The van der Waals surface area contributed by atoms with Gasteiger partial charge in [0.25, 0.3) is 0 Å². The molecular formula is C15H15F2NO. The van der Waals surface area contributed by atoms with Gasteiger partial charge in [-0.2, -0.15) is 0 Å². The van der Waals surface area contributed by atoms with E-state index in [4.69, 9.17) is 10.5 Å². The van der Waals surface area contributed by atoms with Crippen molar-refractivity contribution in [2.24, 2.45) is 5.73 Å². The lowest BCUT2D eigenvalue weighted by Crippen LogP contribution is -2.03. The smallest absolute Gasteiger partial charge is 0.126 e. The van der Waals surface area contributed by atoms with Crippen LogP contribution in [0.1, 0.15) is 11.1 Å². The van der Waals surface area contributed by atoms with Gasteiger partial charge in [-0.15, -0.1) is 0 Å². The number of nitrogens with two attached hydrogens (primary N) is 1. The predicted molar refractivity (Wildman–Crippen MR) is 69.9 cm³/mol. The molecule has 2 aromatic rings. The number of benzene rings is 2. The maximum absolute atomic E-state index is 13.0. The molecule has 0 spiro atoms. The van der Waals surface area contributed by atoms with Gasteiger partial charge in [-0.1, -0.05) is 12.1 Å². The van der Waals surface area contributed by atoms with Gasteiger partial charge in [0.15, 0.2) is 0 Å². The van der Waals surface area contributed by atoms with Crippen LogP contribution >= 0.6 is 0 Å². The summed E-state index contributed by atoms with van der Waals surface area (Å²) in [5, 5.41) is 0. The van der Waals surface area contributed by atoms with Crippen LogP contribution in [-0.4, -0.2) is 6.54 Å². The van der Waals surface area contributed by atoms with E-state index in [1.165, 1.54) is 12.1 Å². The fraction of sp³-hybridized carbons (Fsp3) is 0.200. The third-order valence-electron chi connectivity index (χ3n) is 2.66. The maximum atomic E-state index is 13.0. The topological polar surface area (TPSA) is 35.2 Å². The van der Waals surface area contributed by atoms with Crippen LogP contribution in [-0.2, 0) is 13.0 Å². The first kappa shape index (κ1) is 13.5. The van der Waals surface area contributed by atoms with Crippen molar-refractivity contribution in [3.05, 3.63) is 65.2 Å². The molecule has 0 saturated heterocycles. The summed E-state index contributed by atoms with van der Waals surface area (Å²) < 4.78 is 31.5. The second-order valence-corrected chi connectivity index (χ2v) is 4.25. The van der Waals surface area contributed by atoms with E-state index in [1.54, 1.807) is 6.07 Å². The third kappa shape index (κ3) is 4.03. The largest absolute Gasteiger partial charge is 0.489 e. The average molecular weight is 263 g/mol. The molecule has 0 unspecified atom stereocenters. The van der Waals surface area contributed by atoms with Gasteiger partial charge >= 0.3 is 0 Å². The number of hydrogen-bond donors (Lipinski definition) is 1. The Morgan fingerprint density at radius 2 is 1.68 bits per heavy atom. The Labute approximate surface area is 110 Å². The third-order valence-corrected chi connectivity index (χ3v) is 2.66. The molecule has 19 heavy (non-hydrogen) atoms. The van der Waals surface area contributed by atoms with E-state index < -0.39 is 11.6 Å². The van der Waals surface area contributed by atoms with Crippen LogP contribution in [0.2, 0.25) is 0 Å². The SMILES string of the molecule is NCCc1cccc(OCc2cc(F)cc(F)c2)c1. The van der Waals surface area contributed by atoms with Gasteiger partial charge in [0, 0.05) is 6.07 Å². The van der Waals surface area contributed by atoms with Gasteiger partial charge < -0.3 is 10.5 Å². The molecule has 0 bridgehead atoms. The van der Waals surface area contributed by atoms with Gasteiger partial charge in [-0.3, -0.25) is 0 Å². The number of ether oxygens (including phenoxy) is 1. The Hall–Kier alpha value is -1.94. The first-order valence-corrected chi connectivity index (χ1v) is 6.04. The normalized spacial score (nSPS) is 10.5. The van der Waals surface area contributed by atoms with Crippen LogP contribution in [0.4, 0.5) is 8.78 Å². The molecule has 2 rings (SSSR count). The predicted octanol–water partition coefficient (Wildman–Crippen LogP) is 3.05. The summed E-state index contributed by atoms with van der Waals surface area (Å²) in [5.74, 6) is -0.540. The maximum Gasteiger partial charge on any atom is 0.126 e. The van der Waals surface area contributed by atoms with Crippen molar-refractivity contribution in [1.82, 2.24) is 0 Å². The van der Waals surface area contributed by atoms with Crippen molar-refractivity contribution in [1.29, 1.82) is 0 Å². The average Bonchev–Trinajstić information content (AvgIpc) is 2.36. The first-order valence-electron chi connectivity index (χ1n) is 6.04. The molecule has 0 amide bonds. The second-order valence-electron chi connectivity index (χ2n) is 4.25. The van der Waals surface area contributed by atoms with E-state index >= 15 is 0 Å². The molecule has 4 heteroatoms. The summed E-state index contributed by atoms with van der Waals surface area (Å²) in [5.41, 5.74) is 7.02. The van der Waals surface area contributed by atoms with Crippen molar-refractivity contribution in [2.45, 2.75) is 13.0 Å². The zero-order chi connectivity index (χ0) is 13.7. The molecule has 0 aromatic heterocycles. The minimum Gasteiger partial charge on any atom is -0.489 e. The lowest BCUT2D eigenvalue weighted by Gasteiger charge is -2.08. The van der Waals surface area contributed by atoms with E-state index in [1.807, 2.05) is 18.2 Å². The Kier molecular flexibility index (Phi) is 4.47. The van der Waals surface area contributed by atoms with Crippen molar-refractivity contribution in [2.75, 3.05) is 6.54 Å². The van der Waals surface area contributed by atoms with Crippen LogP contribution in [0.25, 0.3) is 0 Å². The van der Waals surface area contributed by atoms with Crippen molar-refractivity contribution in [3.8, 4) is 5.75 Å². The van der Waals surface area contributed by atoms with Gasteiger partial charge in [0.2, 0.25) is 0 Å². The second kappa shape index (κ2) is 6.29. The van der Waals surface area contributed by atoms with Crippen molar-refractivity contribution < 1.29 is 13.5 Å². The van der Waals surface area contributed by atoms with Crippen molar-refractivity contribution in [3.63, 3.8) is 0 Å². The van der Waals surface area contributed by atoms with Gasteiger partial charge in [-0.25, -0.2) is 8.78 Å². The summed E-state index contributed by atoms with van der Waals surface area (Å²) >= 11 is 0. The Bertz CT molecular complexity index is 537. The van der Waals surface area contributed by atoms with Gasteiger partial charge in [0.05, 0.1) is 0 Å². The van der Waals surface area contributed by atoms with E-state index in [0.29, 0.717) is 17.9 Å². The van der Waals surface area contributed by atoms with Crippen LogP contribution in [0.5, 0.6) is 5.75 Å². The highest BCUT2D eigenvalue weighted by molar-refractivity contribution is 5.29. The molecule has 2 N–H and O–H groups in total. The van der Waals surface area contributed by atoms with E-state index in [2.05, 4.69) is 0 Å². The Morgan fingerprint density at radius 3 is 2.37 bits per heavy atom. The fourth-order valence-electron chi connectivity index (χ4n) is 1.82. The first-order chi connectivity index (χ1) is 9.17. The summed E-state index contributed by atoms with van der Waals surface area (Å²) in [6, 6.07) is 10.9. The summed E-state index contributed by atoms with van der Waals surface area (Å²) in [6.45, 7) is 0.694. The quantitative estimate of drug-likeness (QED) is 0.899. The van der Waals surface area contributed by atoms with Crippen LogP contribution < -0.4 is 10.5 Å². The zero-order valence-corrected chi connectivity index (χ0v) is 10.4. The molecule has 2 aromatic carbocycles. The standard InChI is InChI=1S/C15H15F2NO/c16-13-6-12(7-14(17)9-13)10-19-15-3-1-2-11(8-15)4-5-18/h1-3,6-9H,4-5,10,18H2. The summed E-state index contributed by atoms with van der Waals surface area (Å²) in [6.07, 6.45) is 0.770. The fourth-order valence-corrected chi connectivity index (χ4v) is 1.82. The molecule has 2 nitrogen and oxygen atoms in total. The Balaban J connectivity index is 2.03. The molecule has 0 fully saturated rings. The monoisotopic (exact) mass is 263 g/mol. The van der Waals surface area contributed by atoms with E-state index in [9.17, 15) is 8.78 Å². The highest BCUT2D eigenvalue weighted by Gasteiger charge is 2.02. The molecule has 0 aliphatic rings. The number of hydrogen-bond acceptors (Lipinski definition) is 2. The molecular weight excluding hydrogens is 248 g/mol.